The number of hydrogen-bond donors (Lipinski definition) is 1. The third-order valence-corrected chi connectivity index (χ3v) is 4.08. The third-order valence-electron chi connectivity index (χ3n) is 4.08. The number of hydrogen-bond acceptors (Lipinski definition) is 5. The van der Waals surface area contributed by atoms with Crippen molar-refractivity contribution in [2.24, 2.45) is 0 Å². The average molecular weight is 295 g/mol. The van der Waals surface area contributed by atoms with Crippen molar-refractivity contribution in [3.63, 3.8) is 0 Å². The zero-order valence-corrected chi connectivity index (χ0v) is 12.9. The fourth-order valence-electron chi connectivity index (χ4n) is 3.08. The van der Waals surface area contributed by atoms with Gasteiger partial charge in [-0.05, 0) is 25.8 Å². The van der Waals surface area contributed by atoms with E-state index in [4.69, 9.17) is 9.15 Å². The molecule has 1 aromatic heterocycles. The molecular weight excluding hydrogens is 270 g/mol. The maximum atomic E-state index is 11.7. The van der Waals surface area contributed by atoms with Crippen molar-refractivity contribution in [3.05, 3.63) is 23.7 Å². The van der Waals surface area contributed by atoms with Crippen LogP contribution in [0.4, 0.5) is 0 Å². The first-order chi connectivity index (χ1) is 10.1. The second-order valence-electron chi connectivity index (χ2n) is 5.84. The van der Waals surface area contributed by atoms with Crippen LogP contribution in [0.15, 0.2) is 16.7 Å². The van der Waals surface area contributed by atoms with Gasteiger partial charge in [0.05, 0.1) is 19.5 Å². The molecule has 0 saturated heterocycles. The normalized spacial score (nSPS) is 17.9. The topological polar surface area (TPSA) is 62.9 Å². The predicted molar refractivity (Wildman–Crippen MR) is 79.0 cm³/mol. The summed E-state index contributed by atoms with van der Waals surface area (Å²) in [5, 5.41) is 9.75. The van der Waals surface area contributed by atoms with Gasteiger partial charge in [-0.3, -0.25) is 4.90 Å². The number of rotatable bonds is 6. The number of carbonyl (C=O) groups excluding carboxylic acids is 1. The molecule has 0 bridgehead atoms. The summed E-state index contributed by atoms with van der Waals surface area (Å²) in [7, 11) is 1.35. The van der Waals surface area contributed by atoms with Crippen LogP contribution in [0.2, 0.25) is 0 Å². The van der Waals surface area contributed by atoms with E-state index < -0.39 is 5.97 Å². The SMILES string of the molecule is COC(=O)c1occc1CN(CC(C)O)C1CCCCC1. The highest BCUT2D eigenvalue weighted by molar-refractivity contribution is 5.87. The Hall–Kier alpha value is -1.33. The summed E-state index contributed by atoms with van der Waals surface area (Å²) >= 11 is 0. The zero-order chi connectivity index (χ0) is 15.2. The van der Waals surface area contributed by atoms with E-state index in [1.54, 1.807) is 6.92 Å². The van der Waals surface area contributed by atoms with Crippen molar-refractivity contribution in [1.29, 1.82) is 0 Å². The van der Waals surface area contributed by atoms with Gasteiger partial charge in [0, 0.05) is 24.7 Å². The molecule has 1 atom stereocenters. The first kappa shape index (κ1) is 16.0. The molecule has 118 valence electrons. The largest absolute Gasteiger partial charge is 0.463 e. The molecule has 1 fully saturated rings. The zero-order valence-electron chi connectivity index (χ0n) is 12.9. The van der Waals surface area contributed by atoms with Gasteiger partial charge in [-0.2, -0.15) is 0 Å². The number of carbonyl (C=O) groups is 1. The van der Waals surface area contributed by atoms with E-state index in [2.05, 4.69) is 4.90 Å². The Morgan fingerprint density at radius 1 is 1.48 bits per heavy atom. The first-order valence-electron chi connectivity index (χ1n) is 7.68. The predicted octanol–water partition coefficient (Wildman–Crippen LogP) is 2.58. The van der Waals surface area contributed by atoms with Crippen LogP contribution in [-0.4, -0.2) is 41.8 Å². The Morgan fingerprint density at radius 2 is 2.19 bits per heavy atom. The number of esters is 1. The molecule has 5 heteroatoms. The van der Waals surface area contributed by atoms with Crippen molar-refractivity contribution in [1.82, 2.24) is 4.90 Å². The van der Waals surface area contributed by atoms with Gasteiger partial charge in [-0.25, -0.2) is 4.79 Å². The molecule has 0 amide bonds. The van der Waals surface area contributed by atoms with Crippen LogP contribution in [0.1, 0.15) is 55.1 Å². The molecule has 1 aliphatic rings. The van der Waals surface area contributed by atoms with Gasteiger partial charge in [-0.1, -0.05) is 19.3 Å². The van der Waals surface area contributed by atoms with Gasteiger partial charge < -0.3 is 14.3 Å². The molecular formula is C16H25NO4. The Balaban J connectivity index is 2.10. The molecule has 1 unspecified atom stereocenters. The highest BCUT2D eigenvalue weighted by atomic mass is 16.5. The van der Waals surface area contributed by atoms with E-state index in [0.717, 1.165) is 18.4 Å². The van der Waals surface area contributed by atoms with Crippen LogP contribution < -0.4 is 0 Å². The Morgan fingerprint density at radius 3 is 2.81 bits per heavy atom. The van der Waals surface area contributed by atoms with Gasteiger partial charge in [0.2, 0.25) is 5.76 Å². The fraction of sp³-hybridized carbons (Fsp3) is 0.688. The lowest BCUT2D eigenvalue weighted by molar-refractivity contribution is 0.0553. The van der Waals surface area contributed by atoms with Gasteiger partial charge in [0.1, 0.15) is 0 Å². The lowest BCUT2D eigenvalue weighted by Crippen LogP contribution is -2.40. The van der Waals surface area contributed by atoms with Crippen LogP contribution in [0.5, 0.6) is 0 Å². The molecule has 0 radical (unpaired) electrons. The van der Waals surface area contributed by atoms with Crippen LogP contribution in [-0.2, 0) is 11.3 Å². The lowest BCUT2D eigenvalue weighted by atomic mass is 9.93. The monoisotopic (exact) mass is 295 g/mol. The smallest absolute Gasteiger partial charge is 0.374 e. The molecule has 1 heterocycles. The van der Waals surface area contributed by atoms with Crippen LogP contribution in [0.25, 0.3) is 0 Å². The Kier molecular flexibility index (Phi) is 5.82. The van der Waals surface area contributed by atoms with Crippen molar-refractivity contribution in [2.75, 3.05) is 13.7 Å². The van der Waals surface area contributed by atoms with E-state index in [-0.39, 0.29) is 11.9 Å². The number of aliphatic hydroxyl groups excluding tert-OH is 1. The van der Waals surface area contributed by atoms with Gasteiger partial charge in [0.25, 0.3) is 0 Å². The van der Waals surface area contributed by atoms with E-state index in [0.29, 0.717) is 19.1 Å². The average Bonchev–Trinajstić information content (AvgIpc) is 2.94. The summed E-state index contributed by atoms with van der Waals surface area (Å²) in [5.74, 6) is -0.181. The number of aliphatic hydroxyl groups is 1. The van der Waals surface area contributed by atoms with Crippen LogP contribution >= 0.6 is 0 Å². The van der Waals surface area contributed by atoms with Crippen molar-refractivity contribution in [3.8, 4) is 0 Å². The maximum absolute atomic E-state index is 11.7. The van der Waals surface area contributed by atoms with Crippen molar-refractivity contribution < 1.29 is 19.1 Å². The number of ether oxygens (including phenoxy) is 1. The van der Waals surface area contributed by atoms with Crippen molar-refractivity contribution >= 4 is 5.97 Å². The summed E-state index contributed by atoms with van der Waals surface area (Å²) in [5.41, 5.74) is 0.827. The van der Waals surface area contributed by atoms with Crippen LogP contribution in [0, 0.1) is 0 Å². The minimum atomic E-state index is -0.448. The molecule has 1 aliphatic carbocycles. The Bertz CT molecular complexity index is 449. The highest BCUT2D eigenvalue weighted by Crippen LogP contribution is 2.25. The molecule has 1 aromatic rings. The summed E-state index contributed by atoms with van der Waals surface area (Å²) in [6.07, 6.45) is 7.18. The third kappa shape index (κ3) is 4.32. The van der Waals surface area contributed by atoms with E-state index in [1.165, 1.54) is 32.6 Å². The second kappa shape index (κ2) is 7.61. The molecule has 0 aliphatic heterocycles. The number of methoxy groups -OCH3 is 1. The van der Waals surface area contributed by atoms with Crippen molar-refractivity contribution in [2.45, 2.75) is 57.7 Å². The van der Waals surface area contributed by atoms with E-state index in [9.17, 15) is 9.90 Å². The maximum Gasteiger partial charge on any atom is 0.374 e. The van der Waals surface area contributed by atoms with Gasteiger partial charge in [-0.15, -0.1) is 0 Å². The summed E-state index contributed by atoms with van der Waals surface area (Å²) in [6, 6.07) is 2.28. The first-order valence-corrected chi connectivity index (χ1v) is 7.68. The molecule has 5 nitrogen and oxygen atoms in total. The molecule has 21 heavy (non-hydrogen) atoms. The molecule has 1 saturated carbocycles. The van der Waals surface area contributed by atoms with Gasteiger partial charge >= 0.3 is 5.97 Å². The summed E-state index contributed by atoms with van der Waals surface area (Å²) in [6.45, 7) is 3.01. The minimum Gasteiger partial charge on any atom is -0.463 e. The number of furan rings is 1. The Labute approximate surface area is 125 Å². The fourth-order valence-corrected chi connectivity index (χ4v) is 3.08. The van der Waals surface area contributed by atoms with Gasteiger partial charge in [0.15, 0.2) is 0 Å². The highest BCUT2D eigenvalue weighted by Gasteiger charge is 2.25. The van der Waals surface area contributed by atoms with E-state index in [1.807, 2.05) is 6.07 Å². The number of nitrogens with zero attached hydrogens (tertiary/aromatic N) is 1. The molecule has 2 rings (SSSR count). The molecule has 0 spiro atoms. The van der Waals surface area contributed by atoms with Crippen LogP contribution in [0.3, 0.4) is 0 Å². The molecule has 0 aromatic carbocycles. The lowest BCUT2D eigenvalue weighted by Gasteiger charge is -2.35. The quantitative estimate of drug-likeness (QED) is 0.817. The molecule has 1 N–H and O–H groups in total. The standard InChI is InChI=1S/C16H25NO4/c1-12(18)10-17(14-6-4-3-5-7-14)11-13-8-9-21-15(13)16(19)20-2/h8-9,12,14,18H,3-7,10-11H2,1-2H3. The summed E-state index contributed by atoms with van der Waals surface area (Å²) in [4.78, 5) is 14.0. The van der Waals surface area contributed by atoms with E-state index >= 15 is 0 Å². The summed E-state index contributed by atoms with van der Waals surface area (Å²) < 4.78 is 9.99. The second-order valence-corrected chi connectivity index (χ2v) is 5.84. The minimum absolute atomic E-state index is 0.268.